The number of carbonyl (C=O) groups is 3. The van der Waals surface area contributed by atoms with Crippen LogP contribution in [-0.4, -0.2) is 54.3 Å². The predicted molar refractivity (Wildman–Crippen MR) is 119 cm³/mol. The van der Waals surface area contributed by atoms with Gasteiger partial charge in [-0.2, -0.15) is 0 Å². The predicted octanol–water partition coefficient (Wildman–Crippen LogP) is -3.71. The molecule has 190 valence electrons. The number of benzene rings is 2. The molecule has 0 heterocycles. The number of amides is 1. The third kappa shape index (κ3) is 11.6. The van der Waals surface area contributed by atoms with Gasteiger partial charge in [0.15, 0.2) is 0 Å². The number of carboxylic acid groups (broad SMARTS) is 1. The molecule has 13 nitrogen and oxygen atoms in total. The minimum Gasteiger partial charge on any atom is -0.548 e. The van der Waals surface area contributed by atoms with Gasteiger partial charge in [0.2, 0.25) is 0 Å². The van der Waals surface area contributed by atoms with Gasteiger partial charge in [0.05, 0.1) is 34.1 Å². The van der Waals surface area contributed by atoms with Crippen molar-refractivity contribution in [2.24, 2.45) is 5.41 Å². The third-order valence-electron chi connectivity index (χ3n) is 3.77. The number of ether oxygens (including phenoxy) is 1. The maximum atomic E-state index is 12.7. The molecule has 1 amide bonds. The molecule has 0 bridgehead atoms. The number of sulfonamides is 1. The van der Waals surface area contributed by atoms with E-state index >= 15 is 0 Å². The van der Waals surface area contributed by atoms with Gasteiger partial charge in [-0.3, -0.25) is 24.8 Å². The standard InChI is InChI=1S/C20H22N2O7S.Na.H2O2.2H2O/c1-20(2,3)19(26)29-13-8-10-14(11-9-13)30(27,28)22-16-7-5-4-6-15(16)18(25)21-12-17(23)24;;1-2;;/h4-11,22H,12H2,1-3H3,(H,21,25)(H,23,24);;1-2H;2*1H2/q;+1;;;/p-1. The fourth-order valence-corrected chi connectivity index (χ4v) is 3.25. The number of rotatable bonds is 7. The molecule has 0 saturated carbocycles. The molecule has 0 unspecified atom stereocenters. The first kappa shape index (κ1) is 37.0. The van der Waals surface area contributed by atoms with E-state index in [1.807, 2.05) is 0 Å². The normalized spacial score (nSPS) is 9.97. The first-order valence-corrected chi connectivity index (χ1v) is 10.5. The summed E-state index contributed by atoms with van der Waals surface area (Å²) in [5, 5.41) is 24.6. The SMILES string of the molecule is CC(C)(C)C(=O)Oc1ccc(S(=O)(=O)Nc2ccccc2C(=O)NCC(=O)[O-])cc1.O.O.OO.[Na+]. The van der Waals surface area contributed by atoms with Gasteiger partial charge >= 0.3 is 35.5 Å². The first-order chi connectivity index (χ1) is 14.9. The van der Waals surface area contributed by atoms with E-state index in [4.69, 9.17) is 15.3 Å². The van der Waals surface area contributed by atoms with Crippen LogP contribution < -0.4 is 49.4 Å². The van der Waals surface area contributed by atoms with E-state index in [-0.39, 0.29) is 62.4 Å². The van der Waals surface area contributed by atoms with Crippen molar-refractivity contribution in [3.63, 3.8) is 0 Å². The molecule has 2 rings (SSSR count). The summed E-state index contributed by atoms with van der Waals surface area (Å²) in [6, 6.07) is 10.9. The van der Waals surface area contributed by atoms with E-state index in [0.29, 0.717) is 0 Å². The molecule has 0 radical (unpaired) electrons. The minimum absolute atomic E-state index is 0. The Hall–Kier alpha value is -2.56. The molecule has 0 fully saturated rings. The van der Waals surface area contributed by atoms with Crippen molar-refractivity contribution in [3.8, 4) is 5.75 Å². The van der Waals surface area contributed by atoms with Crippen molar-refractivity contribution in [1.29, 1.82) is 0 Å². The number of anilines is 1. The van der Waals surface area contributed by atoms with Crippen LogP contribution in [0.1, 0.15) is 31.1 Å². The summed E-state index contributed by atoms with van der Waals surface area (Å²) in [4.78, 5) is 34.4. The summed E-state index contributed by atoms with van der Waals surface area (Å²) in [7, 11) is -4.07. The van der Waals surface area contributed by atoms with Gasteiger partial charge in [-0.15, -0.1) is 0 Å². The number of aliphatic carboxylic acids is 1. The third-order valence-corrected chi connectivity index (χ3v) is 5.15. The smallest absolute Gasteiger partial charge is 0.548 e. The molecule has 8 N–H and O–H groups in total. The maximum Gasteiger partial charge on any atom is 1.00 e. The second kappa shape index (κ2) is 16.2. The van der Waals surface area contributed by atoms with Crippen LogP contribution in [0.3, 0.4) is 0 Å². The Balaban J connectivity index is -0.00000199. The van der Waals surface area contributed by atoms with Crippen molar-refractivity contribution in [3.05, 3.63) is 54.1 Å². The maximum absolute atomic E-state index is 12.7. The van der Waals surface area contributed by atoms with Crippen LogP contribution in [0.25, 0.3) is 0 Å². The van der Waals surface area contributed by atoms with Crippen LogP contribution >= 0.6 is 0 Å². The summed E-state index contributed by atoms with van der Waals surface area (Å²) in [6.07, 6.45) is 0. The van der Waals surface area contributed by atoms with Gasteiger partial charge in [-0.1, -0.05) is 12.1 Å². The number of hydrogen-bond donors (Lipinski definition) is 4. The van der Waals surface area contributed by atoms with E-state index in [0.717, 1.165) is 0 Å². The summed E-state index contributed by atoms with van der Waals surface area (Å²) < 4.78 is 32.9. The Kier molecular flexibility index (Phi) is 17.1. The van der Waals surface area contributed by atoms with Crippen molar-refractivity contribution in [2.45, 2.75) is 25.7 Å². The summed E-state index contributed by atoms with van der Waals surface area (Å²) in [5.74, 6) is -2.53. The van der Waals surface area contributed by atoms with E-state index in [1.165, 1.54) is 48.5 Å². The van der Waals surface area contributed by atoms with Gasteiger partial charge in [0, 0.05) is 0 Å². The molecule has 0 spiro atoms. The Morgan fingerprint density at radius 3 is 1.97 bits per heavy atom. The second-order valence-electron chi connectivity index (χ2n) is 7.32. The number of carboxylic acids is 1. The van der Waals surface area contributed by atoms with E-state index in [9.17, 15) is 27.9 Å². The molecule has 35 heavy (non-hydrogen) atoms. The molecule has 0 aromatic heterocycles. The van der Waals surface area contributed by atoms with Crippen molar-refractivity contribution in [1.82, 2.24) is 5.32 Å². The van der Waals surface area contributed by atoms with E-state index in [2.05, 4.69) is 10.0 Å². The second-order valence-corrected chi connectivity index (χ2v) is 9.00. The summed E-state index contributed by atoms with van der Waals surface area (Å²) >= 11 is 0. The molecule has 0 saturated heterocycles. The first-order valence-electron chi connectivity index (χ1n) is 9.02. The molecule has 15 heteroatoms. The number of hydrogen-bond acceptors (Lipinski definition) is 9. The fraction of sp³-hybridized carbons (Fsp3) is 0.250. The molecular weight excluding hydrogens is 499 g/mol. The Morgan fingerprint density at radius 1 is 0.971 bits per heavy atom. The van der Waals surface area contributed by atoms with Crippen LogP contribution in [0.4, 0.5) is 5.69 Å². The van der Waals surface area contributed by atoms with Crippen molar-refractivity contribution >= 4 is 33.6 Å². The Morgan fingerprint density at radius 2 is 1.49 bits per heavy atom. The molecular formula is C20H27N2NaO11S. The van der Waals surface area contributed by atoms with E-state index < -0.39 is 39.8 Å². The minimum atomic E-state index is -4.07. The summed E-state index contributed by atoms with van der Waals surface area (Å²) in [6.45, 7) is 4.37. The van der Waals surface area contributed by atoms with Crippen LogP contribution in [0, 0.1) is 5.41 Å². The van der Waals surface area contributed by atoms with Crippen LogP contribution in [0.5, 0.6) is 5.75 Å². The number of para-hydroxylation sites is 1. The zero-order chi connectivity index (χ0) is 24.5. The molecule has 2 aromatic rings. The monoisotopic (exact) mass is 526 g/mol. The van der Waals surface area contributed by atoms with Gasteiger partial charge in [-0.25, -0.2) is 8.42 Å². The summed E-state index contributed by atoms with van der Waals surface area (Å²) in [5.41, 5.74) is -0.803. The zero-order valence-corrected chi connectivity index (χ0v) is 22.3. The number of carbonyl (C=O) groups excluding carboxylic acids is 3. The van der Waals surface area contributed by atoms with Crippen LogP contribution in [-0.2, 0) is 19.6 Å². The Bertz CT molecular complexity index is 1070. The van der Waals surface area contributed by atoms with Crippen LogP contribution in [0.2, 0.25) is 0 Å². The van der Waals surface area contributed by atoms with Gasteiger partial charge in [0.25, 0.3) is 15.9 Å². The molecule has 2 aromatic carbocycles. The largest absolute Gasteiger partial charge is 1.00 e. The number of nitrogens with one attached hydrogen (secondary N) is 2. The van der Waals surface area contributed by atoms with Gasteiger partial charge in [-0.05, 0) is 57.2 Å². The van der Waals surface area contributed by atoms with Crippen molar-refractivity contribution < 1.29 is 83.7 Å². The zero-order valence-electron chi connectivity index (χ0n) is 19.5. The van der Waals surface area contributed by atoms with E-state index in [1.54, 1.807) is 20.8 Å². The molecule has 0 aliphatic rings. The average molecular weight is 526 g/mol. The molecule has 0 atom stereocenters. The average Bonchev–Trinajstić information content (AvgIpc) is 2.73. The van der Waals surface area contributed by atoms with Crippen molar-refractivity contribution in [2.75, 3.05) is 11.3 Å². The Labute approximate surface area is 224 Å². The van der Waals surface area contributed by atoms with Gasteiger partial charge < -0.3 is 30.9 Å². The van der Waals surface area contributed by atoms with Gasteiger partial charge in [0.1, 0.15) is 5.75 Å². The molecule has 0 aliphatic heterocycles. The number of esters is 1. The topological polar surface area (TPSA) is 245 Å². The molecule has 0 aliphatic carbocycles. The quantitative estimate of drug-likeness (QED) is 0.0909. The van der Waals surface area contributed by atoms with Crippen LogP contribution in [0.15, 0.2) is 53.4 Å². The fourth-order valence-electron chi connectivity index (χ4n) is 2.17.